The molecular weight excluding hydrogens is 390 g/mol. The minimum absolute atomic E-state index is 0.0285. The van der Waals surface area contributed by atoms with Gasteiger partial charge < -0.3 is 4.90 Å². The Morgan fingerprint density at radius 1 is 1.23 bits per heavy atom. The predicted molar refractivity (Wildman–Crippen MR) is 124 cm³/mol. The topological polar surface area (TPSA) is 46.1 Å². The molecule has 0 saturated heterocycles. The van der Waals surface area contributed by atoms with Crippen LogP contribution in [0, 0.1) is 11.3 Å². The molecule has 158 valence electrons. The van der Waals surface area contributed by atoms with Crippen molar-refractivity contribution in [3.8, 4) is 0 Å². The highest BCUT2D eigenvalue weighted by atomic mass is 32.1. The van der Waals surface area contributed by atoms with E-state index in [9.17, 15) is 4.79 Å². The van der Waals surface area contributed by atoms with E-state index in [2.05, 4.69) is 45.9 Å². The molecule has 5 heteroatoms. The standard InChI is InChI=1S/C25H31N3OS/c1-6-21(16-10-8-7-9-11-16)28(5)24(29)23-27-20-15-17-14-18(25(2,3)4)12-13-19(17)26-22(20)30-23/h7-11,15,18,21H,6,12-14H2,1-5H3/t18?,21-/m1/s1. The molecule has 1 aliphatic rings. The highest BCUT2D eigenvalue weighted by Gasteiger charge is 2.30. The fourth-order valence-electron chi connectivity index (χ4n) is 4.54. The maximum atomic E-state index is 13.2. The Labute approximate surface area is 183 Å². The molecule has 4 rings (SSSR count). The summed E-state index contributed by atoms with van der Waals surface area (Å²) in [6.45, 7) is 9.07. The summed E-state index contributed by atoms with van der Waals surface area (Å²) in [6.07, 6.45) is 4.10. The van der Waals surface area contributed by atoms with E-state index in [1.165, 1.54) is 29.0 Å². The van der Waals surface area contributed by atoms with E-state index in [4.69, 9.17) is 9.97 Å². The van der Waals surface area contributed by atoms with E-state index in [1.54, 1.807) is 0 Å². The van der Waals surface area contributed by atoms with E-state index in [1.807, 2.05) is 30.1 Å². The Hall–Kier alpha value is -2.27. The molecule has 4 nitrogen and oxygen atoms in total. The lowest BCUT2D eigenvalue weighted by Gasteiger charge is -2.34. The minimum Gasteiger partial charge on any atom is -0.333 e. The first-order chi connectivity index (χ1) is 14.3. The van der Waals surface area contributed by atoms with Crippen molar-refractivity contribution < 1.29 is 4.79 Å². The zero-order valence-corrected chi connectivity index (χ0v) is 19.4. The average Bonchev–Trinajstić information content (AvgIpc) is 3.14. The molecule has 2 heterocycles. The zero-order chi connectivity index (χ0) is 21.5. The number of carbonyl (C=O) groups is 1. The number of pyridine rings is 1. The van der Waals surface area contributed by atoms with Gasteiger partial charge in [0.25, 0.3) is 5.91 Å². The summed E-state index contributed by atoms with van der Waals surface area (Å²) < 4.78 is 0. The summed E-state index contributed by atoms with van der Waals surface area (Å²) in [5.74, 6) is 0.630. The summed E-state index contributed by atoms with van der Waals surface area (Å²) in [5, 5.41) is 0.532. The molecule has 30 heavy (non-hydrogen) atoms. The Balaban J connectivity index is 1.61. The molecule has 3 aromatic rings. The fourth-order valence-corrected chi connectivity index (χ4v) is 5.47. The van der Waals surface area contributed by atoms with Gasteiger partial charge in [0.1, 0.15) is 10.3 Å². The molecule has 0 saturated carbocycles. The van der Waals surface area contributed by atoms with E-state index >= 15 is 0 Å². The van der Waals surface area contributed by atoms with Crippen LogP contribution < -0.4 is 0 Å². The Morgan fingerprint density at radius 2 is 1.97 bits per heavy atom. The number of aryl methyl sites for hydroxylation is 1. The van der Waals surface area contributed by atoms with Crippen molar-refractivity contribution >= 4 is 27.6 Å². The number of aromatic nitrogens is 2. The van der Waals surface area contributed by atoms with Crippen LogP contribution in [0.25, 0.3) is 10.3 Å². The van der Waals surface area contributed by atoms with Crippen molar-refractivity contribution in [2.24, 2.45) is 11.3 Å². The molecule has 0 N–H and O–H groups in total. The molecule has 1 unspecified atom stereocenters. The third-order valence-corrected chi connectivity index (χ3v) is 7.47. The molecule has 1 aliphatic carbocycles. The number of nitrogens with zero attached hydrogens (tertiary/aromatic N) is 3. The highest BCUT2D eigenvalue weighted by molar-refractivity contribution is 7.19. The van der Waals surface area contributed by atoms with E-state index in [0.29, 0.717) is 16.3 Å². The number of benzene rings is 1. The van der Waals surface area contributed by atoms with Gasteiger partial charge in [0, 0.05) is 12.7 Å². The number of hydrogen-bond donors (Lipinski definition) is 0. The van der Waals surface area contributed by atoms with E-state index < -0.39 is 0 Å². The second kappa shape index (κ2) is 8.10. The summed E-state index contributed by atoms with van der Waals surface area (Å²) in [7, 11) is 1.88. The first-order valence-electron chi connectivity index (χ1n) is 10.9. The maximum Gasteiger partial charge on any atom is 0.283 e. The van der Waals surface area contributed by atoms with Gasteiger partial charge in [0.05, 0.1) is 6.04 Å². The zero-order valence-electron chi connectivity index (χ0n) is 18.6. The van der Waals surface area contributed by atoms with Gasteiger partial charge in [-0.25, -0.2) is 9.97 Å². The van der Waals surface area contributed by atoms with Crippen LogP contribution in [-0.2, 0) is 12.8 Å². The van der Waals surface area contributed by atoms with Gasteiger partial charge in [-0.05, 0) is 54.2 Å². The lowest BCUT2D eigenvalue weighted by atomic mass is 9.71. The molecule has 2 aromatic heterocycles. The summed E-state index contributed by atoms with van der Waals surface area (Å²) in [4.78, 5) is 25.6. The molecule has 2 atom stereocenters. The van der Waals surface area contributed by atoms with Gasteiger partial charge in [0.2, 0.25) is 0 Å². The third-order valence-electron chi connectivity index (χ3n) is 6.52. The summed E-state index contributed by atoms with van der Waals surface area (Å²) in [6, 6.07) is 12.4. The Morgan fingerprint density at radius 3 is 2.63 bits per heavy atom. The van der Waals surface area contributed by atoms with Gasteiger partial charge in [-0.15, -0.1) is 0 Å². The summed E-state index contributed by atoms with van der Waals surface area (Å²) in [5.41, 5.74) is 4.80. The lowest BCUT2D eigenvalue weighted by Crippen LogP contribution is -2.30. The second-order valence-corrected chi connectivity index (χ2v) is 10.5. The molecule has 1 aromatic carbocycles. The number of thiazole rings is 1. The SMILES string of the molecule is CC[C@H](c1ccccc1)N(C)C(=O)c1nc2cc3c(nc2s1)CCC(C(C)(C)C)C3. The minimum atomic E-state index is -0.0285. The number of carbonyl (C=O) groups excluding carboxylic acids is 1. The fraction of sp³-hybridized carbons (Fsp3) is 0.480. The van der Waals surface area contributed by atoms with Gasteiger partial charge in [-0.1, -0.05) is 69.4 Å². The van der Waals surface area contributed by atoms with Crippen molar-refractivity contribution in [2.75, 3.05) is 7.05 Å². The lowest BCUT2D eigenvalue weighted by molar-refractivity contribution is 0.0726. The first-order valence-corrected chi connectivity index (χ1v) is 11.7. The second-order valence-electron chi connectivity index (χ2n) is 9.49. The van der Waals surface area contributed by atoms with Gasteiger partial charge in [-0.2, -0.15) is 0 Å². The molecule has 0 spiro atoms. The molecular formula is C25H31N3OS. The first kappa shape index (κ1) is 21.0. The van der Waals surface area contributed by atoms with Crippen LogP contribution in [0.4, 0.5) is 0 Å². The van der Waals surface area contributed by atoms with Gasteiger partial charge >= 0.3 is 0 Å². The third kappa shape index (κ3) is 4.00. The maximum absolute atomic E-state index is 13.2. The van der Waals surface area contributed by atoms with Gasteiger partial charge in [-0.3, -0.25) is 4.79 Å². The monoisotopic (exact) mass is 421 g/mol. The quantitative estimate of drug-likeness (QED) is 0.514. The number of rotatable bonds is 4. The summed E-state index contributed by atoms with van der Waals surface area (Å²) >= 11 is 1.42. The highest BCUT2D eigenvalue weighted by Crippen LogP contribution is 2.38. The Bertz CT molecular complexity index is 1050. The average molecular weight is 422 g/mol. The largest absolute Gasteiger partial charge is 0.333 e. The number of amides is 1. The Kier molecular flexibility index (Phi) is 5.67. The van der Waals surface area contributed by atoms with E-state index in [0.717, 1.165) is 35.2 Å². The molecule has 0 bridgehead atoms. The van der Waals surface area contributed by atoms with Crippen molar-refractivity contribution in [1.82, 2.24) is 14.9 Å². The van der Waals surface area contributed by atoms with Crippen LogP contribution in [0.3, 0.4) is 0 Å². The van der Waals surface area contributed by atoms with Crippen LogP contribution >= 0.6 is 11.3 Å². The molecule has 1 amide bonds. The van der Waals surface area contributed by atoms with Crippen LogP contribution in [0.2, 0.25) is 0 Å². The van der Waals surface area contributed by atoms with Crippen molar-refractivity contribution in [2.45, 2.75) is 59.4 Å². The predicted octanol–water partition coefficient (Wildman–Crippen LogP) is 6.07. The van der Waals surface area contributed by atoms with Crippen LogP contribution in [0.5, 0.6) is 0 Å². The van der Waals surface area contributed by atoms with Gasteiger partial charge in [0.15, 0.2) is 5.01 Å². The van der Waals surface area contributed by atoms with Crippen LogP contribution in [0.1, 0.15) is 73.2 Å². The number of fused-ring (bicyclic) bond motifs is 2. The normalized spacial score (nSPS) is 17.6. The van der Waals surface area contributed by atoms with Crippen molar-refractivity contribution in [1.29, 1.82) is 0 Å². The van der Waals surface area contributed by atoms with Crippen molar-refractivity contribution in [3.05, 3.63) is 58.2 Å². The molecule has 0 aliphatic heterocycles. The van der Waals surface area contributed by atoms with Crippen molar-refractivity contribution in [3.63, 3.8) is 0 Å². The number of hydrogen-bond acceptors (Lipinski definition) is 4. The molecule has 0 fully saturated rings. The van der Waals surface area contributed by atoms with E-state index in [-0.39, 0.29) is 11.9 Å². The smallest absolute Gasteiger partial charge is 0.283 e. The van der Waals surface area contributed by atoms with Crippen LogP contribution in [0.15, 0.2) is 36.4 Å². The van der Waals surface area contributed by atoms with Crippen LogP contribution in [-0.4, -0.2) is 27.8 Å². The molecule has 0 radical (unpaired) electrons.